The Labute approximate surface area is 234 Å². The van der Waals surface area contributed by atoms with Crippen LogP contribution in [-0.4, -0.2) is 56.5 Å². The first-order valence-corrected chi connectivity index (χ1v) is 14.8. The molecule has 1 fully saturated rings. The van der Waals surface area contributed by atoms with E-state index in [4.69, 9.17) is 21.9 Å². The molecule has 7 N–H and O–H groups in total. The maximum atomic E-state index is 13.2. The fourth-order valence-electron chi connectivity index (χ4n) is 5.03. The van der Waals surface area contributed by atoms with Gasteiger partial charge in [-0.25, -0.2) is 8.93 Å². The van der Waals surface area contributed by atoms with Gasteiger partial charge in [0.1, 0.15) is 28.2 Å². The highest BCUT2D eigenvalue weighted by Crippen LogP contribution is 2.42. The van der Waals surface area contributed by atoms with E-state index >= 15 is 0 Å². The van der Waals surface area contributed by atoms with Crippen LogP contribution in [0, 0.1) is 0 Å². The third-order valence-corrected chi connectivity index (χ3v) is 9.43. The first kappa shape index (κ1) is 27.2. The molecule has 1 saturated heterocycles. The summed E-state index contributed by atoms with van der Waals surface area (Å²) in [5, 5.41) is 2.66. The Morgan fingerprint density at radius 2 is 1.87 bits per heavy atom. The van der Waals surface area contributed by atoms with Gasteiger partial charge in [-0.15, -0.1) is 11.3 Å². The standard InChI is InChI=1S/C28H34N6O3S2/c1-33(2)21-7-3-6-20-19(21)5-4-8-24(20)39(36)32-11-14-37-22-15-18(34-12-9-17(29)10-13-34)16-23-25(22)26(30)27(38-23)28(31)35/h3-8,15-17,32H,9-14,29-30H2,1-2H3,(H2,31,35). The van der Waals surface area contributed by atoms with Crippen molar-refractivity contribution in [1.29, 1.82) is 0 Å². The van der Waals surface area contributed by atoms with Crippen molar-refractivity contribution in [3.05, 3.63) is 53.4 Å². The number of ether oxygens (including phenoxy) is 1. The van der Waals surface area contributed by atoms with Gasteiger partial charge in [0.05, 0.1) is 16.0 Å². The van der Waals surface area contributed by atoms with Crippen molar-refractivity contribution in [3.8, 4) is 5.75 Å². The number of carbonyl (C=O) groups excluding carboxylic acids is 1. The number of thiophene rings is 1. The maximum absolute atomic E-state index is 13.2. The molecule has 39 heavy (non-hydrogen) atoms. The number of nitrogens with zero attached hydrogens (tertiary/aromatic N) is 2. The Balaban J connectivity index is 1.34. The van der Waals surface area contributed by atoms with Crippen LogP contribution in [0.1, 0.15) is 22.5 Å². The molecule has 0 saturated carbocycles. The summed E-state index contributed by atoms with van der Waals surface area (Å²) < 4.78 is 23.3. The summed E-state index contributed by atoms with van der Waals surface area (Å²) >= 11 is 1.27. The summed E-state index contributed by atoms with van der Waals surface area (Å²) in [6.45, 7) is 2.28. The van der Waals surface area contributed by atoms with Gasteiger partial charge < -0.3 is 31.7 Å². The lowest BCUT2D eigenvalue weighted by Gasteiger charge is -2.32. The molecule has 0 spiro atoms. The van der Waals surface area contributed by atoms with Gasteiger partial charge in [-0.2, -0.15) is 0 Å². The molecule has 1 unspecified atom stereocenters. The number of anilines is 3. The zero-order valence-corrected chi connectivity index (χ0v) is 23.7. The molecule has 1 aromatic heterocycles. The third kappa shape index (κ3) is 5.53. The van der Waals surface area contributed by atoms with Crippen molar-refractivity contribution in [2.45, 2.75) is 23.8 Å². The van der Waals surface area contributed by atoms with Crippen LogP contribution >= 0.6 is 11.3 Å². The average molecular weight is 567 g/mol. The molecular formula is C28H34N6O3S2. The van der Waals surface area contributed by atoms with Crippen LogP contribution in [-0.2, 0) is 11.0 Å². The van der Waals surface area contributed by atoms with Gasteiger partial charge in [0.2, 0.25) is 0 Å². The summed E-state index contributed by atoms with van der Waals surface area (Å²) in [7, 11) is 2.55. The molecule has 1 aliphatic heterocycles. The second kappa shape index (κ2) is 11.4. The molecule has 1 aliphatic rings. The van der Waals surface area contributed by atoms with Crippen LogP contribution < -0.4 is 36.5 Å². The Bertz CT molecular complexity index is 1550. The van der Waals surface area contributed by atoms with Crippen LogP contribution in [0.2, 0.25) is 0 Å². The van der Waals surface area contributed by atoms with Crippen molar-refractivity contribution < 1.29 is 13.7 Å². The smallest absolute Gasteiger partial charge is 0.260 e. The number of hydrogen-bond donors (Lipinski definition) is 4. The highest BCUT2D eigenvalue weighted by molar-refractivity contribution is 7.83. The second-order valence-corrected chi connectivity index (χ2v) is 12.2. The van der Waals surface area contributed by atoms with E-state index in [1.807, 2.05) is 67.5 Å². The molecule has 5 rings (SSSR count). The van der Waals surface area contributed by atoms with Gasteiger partial charge in [-0.1, -0.05) is 24.3 Å². The van der Waals surface area contributed by atoms with Crippen LogP contribution in [0.15, 0.2) is 53.4 Å². The van der Waals surface area contributed by atoms with Crippen LogP contribution in [0.3, 0.4) is 0 Å². The van der Waals surface area contributed by atoms with E-state index in [0.29, 0.717) is 28.2 Å². The number of nitrogens with one attached hydrogen (secondary N) is 1. The SMILES string of the molecule is CN(C)c1cccc2c(S(=O)NCCOc3cc(N4CCC(N)CC4)cc4sc(C(N)=O)c(N)c34)cccc12. The van der Waals surface area contributed by atoms with Gasteiger partial charge in [-0.05, 0) is 31.0 Å². The number of hydrogen-bond acceptors (Lipinski definition) is 8. The average Bonchev–Trinajstić information content (AvgIpc) is 3.27. The summed E-state index contributed by atoms with van der Waals surface area (Å²) in [6.07, 6.45) is 1.82. The Hall–Kier alpha value is -3.38. The molecule has 0 bridgehead atoms. The largest absolute Gasteiger partial charge is 0.491 e. The molecule has 1 atom stereocenters. The number of rotatable bonds is 9. The molecule has 11 heteroatoms. The fourth-order valence-corrected chi connectivity index (χ4v) is 7.06. The highest BCUT2D eigenvalue weighted by Gasteiger charge is 2.22. The van der Waals surface area contributed by atoms with E-state index in [-0.39, 0.29) is 12.6 Å². The molecule has 0 aliphatic carbocycles. The zero-order chi connectivity index (χ0) is 27.7. The molecule has 9 nitrogen and oxygen atoms in total. The van der Waals surface area contributed by atoms with E-state index in [1.165, 1.54) is 11.3 Å². The van der Waals surface area contributed by atoms with Crippen molar-refractivity contribution >= 4 is 66.2 Å². The monoisotopic (exact) mass is 566 g/mol. The third-order valence-electron chi connectivity index (χ3n) is 7.04. The fraction of sp³-hybridized carbons (Fsp3) is 0.321. The van der Waals surface area contributed by atoms with E-state index in [9.17, 15) is 9.00 Å². The van der Waals surface area contributed by atoms with Crippen molar-refractivity contribution in [1.82, 2.24) is 4.72 Å². The van der Waals surface area contributed by atoms with Gasteiger partial charge >= 0.3 is 0 Å². The normalized spacial score (nSPS) is 15.1. The number of primary amides is 1. The summed E-state index contributed by atoms with van der Waals surface area (Å²) in [6, 6.07) is 16.0. The molecule has 0 radical (unpaired) electrons. The zero-order valence-electron chi connectivity index (χ0n) is 22.1. The number of nitrogens with two attached hydrogens (primary N) is 3. The molecular weight excluding hydrogens is 532 g/mol. The Morgan fingerprint density at radius 1 is 1.15 bits per heavy atom. The van der Waals surface area contributed by atoms with E-state index in [2.05, 4.69) is 9.62 Å². The minimum absolute atomic E-state index is 0.211. The summed E-state index contributed by atoms with van der Waals surface area (Å²) in [4.78, 5) is 17.3. The number of amides is 1. The number of fused-ring (bicyclic) bond motifs is 2. The Kier molecular flexibility index (Phi) is 7.94. The van der Waals surface area contributed by atoms with Gasteiger partial charge in [-0.3, -0.25) is 4.79 Å². The number of nitrogen functional groups attached to an aromatic ring is 1. The van der Waals surface area contributed by atoms with Crippen LogP contribution in [0.25, 0.3) is 20.9 Å². The number of carbonyl (C=O) groups is 1. The van der Waals surface area contributed by atoms with Crippen LogP contribution in [0.4, 0.5) is 17.1 Å². The Morgan fingerprint density at radius 3 is 2.59 bits per heavy atom. The molecule has 2 heterocycles. The minimum atomic E-state index is -1.44. The second-order valence-electron chi connectivity index (χ2n) is 9.88. The summed E-state index contributed by atoms with van der Waals surface area (Å²) in [5.41, 5.74) is 20.4. The summed E-state index contributed by atoms with van der Waals surface area (Å²) in [5.74, 6) is 0.0155. The van der Waals surface area contributed by atoms with Crippen molar-refractivity contribution in [2.75, 3.05) is 55.9 Å². The number of benzene rings is 3. The molecule has 4 aromatic rings. The molecule has 1 amide bonds. The number of piperidine rings is 1. The lowest BCUT2D eigenvalue weighted by Crippen LogP contribution is -2.39. The van der Waals surface area contributed by atoms with E-state index < -0.39 is 16.9 Å². The molecule has 3 aromatic carbocycles. The van der Waals surface area contributed by atoms with Crippen molar-refractivity contribution in [3.63, 3.8) is 0 Å². The van der Waals surface area contributed by atoms with Crippen molar-refractivity contribution in [2.24, 2.45) is 11.5 Å². The van der Waals surface area contributed by atoms with Crippen LogP contribution in [0.5, 0.6) is 5.75 Å². The lowest BCUT2D eigenvalue weighted by atomic mass is 10.0. The van der Waals surface area contributed by atoms with Gasteiger partial charge in [0.25, 0.3) is 5.91 Å². The highest BCUT2D eigenvalue weighted by atomic mass is 32.2. The van der Waals surface area contributed by atoms with E-state index in [0.717, 1.165) is 57.7 Å². The predicted octanol–water partition coefficient (Wildman–Crippen LogP) is 3.42. The lowest BCUT2D eigenvalue weighted by molar-refractivity contribution is 0.100. The quantitative estimate of drug-likeness (QED) is 0.228. The van der Waals surface area contributed by atoms with Gasteiger partial charge in [0.15, 0.2) is 0 Å². The first-order valence-electron chi connectivity index (χ1n) is 12.9. The van der Waals surface area contributed by atoms with Gasteiger partial charge in [0, 0.05) is 72.7 Å². The predicted molar refractivity (Wildman–Crippen MR) is 162 cm³/mol. The maximum Gasteiger partial charge on any atom is 0.260 e. The topological polar surface area (TPSA) is 140 Å². The first-order chi connectivity index (χ1) is 18.7. The van der Waals surface area contributed by atoms with E-state index in [1.54, 1.807) is 0 Å². The molecule has 206 valence electrons. The minimum Gasteiger partial charge on any atom is -0.491 e.